The Hall–Kier alpha value is -1.34. The van der Waals surface area contributed by atoms with Crippen LogP contribution >= 0.6 is 0 Å². The van der Waals surface area contributed by atoms with Crippen LogP contribution in [0.25, 0.3) is 0 Å². The van der Waals surface area contributed by atoms with Crippen LogP contribution < -0.4 is 0 Å². The molecule has 80 valence electrons. The van der Waals surface area contributed by atoms with E-state index in [4.69, 9.17) is 0 Å². The number of rotatable bonds is 5. The van der Waals surface area contributed by atoms with Crippen molar-refractivity contribution >= 4 is 0 Å². The average Bonchev–Trinajstić information content (AvgIpc) is 2.27. The van der Waals surface area contributed by atoms with Gasteiger partial charge in [0.2, 0.25) is 0 Å². The predicted octanol–water partition coefficient (Wildman–Crippen LogP) is 3.63. The average molecular weight is 202 g/mol. The van der Waals surface area contributed by atoms with Crippen molar-refractivity contribution in [2.24, 2.45) is 0 Å². The normalized spacial score (nSPS) is 13.6. The largest absolute Gasteiger partial charge is 0.388 e. The van der Waals surface area contributed by atoms with Crippen molar-refractivity contribution in [2.75, 3.05) is 0 Å². The Morgan fingerprint density at radius 2 is 2.07 bits per heavy atom. The van der Waals surface area contributed by atoms with E-state index in [9.17, 15) is 5.11 Å². The van der Waals surface area contributed by atoms with Crippen LogP contribution in [0.2, 0.25) is 0 Å². The fraction of sp³-hybridized carbons (Fsp3) is 0.286. The van der Waals surface area contributed by atoms with E-state index in [-0.39, 0.29) is 0 Å². The Balaban J connectivity index is 2.53. The first-order chi connectivity index (χ1) is 7.24. The van der Waals surface area contributed by atoms with Crippen molar-refractivity contribution in [3.05, 3.63) is 60.2 Å². The maximum Gasteiger partial charge on any atom is 0.0824 e. The Bertz CT molecular complexity index is 324. The molecule has 0 bridgehead atoms. The van der Waals surface area contributed by atoms with E-state index in [2.05, 4.69) is 19.6 Å². The van der Waals surface area contributed by atoms with Gasteiger partial charge in [-0.15, -0.1) is 6.58 Å². The van der Waals surface area contributed by atoms with Crippen LogP contribution in [0, 0.1) is 0 Å². The molecule has 15 heavy (non-hydrogen) atoms. The van der Waals surface area contributed by atoms with Crippen LogP contribution in [0.1, 0.15) is 31.4 Å². The molecule has 0 heterocycles. The van der Waals surface area contributed by atoms with Gasteiger partial charge in [-0.3, -0.25) is 0 Å². The van der Waals surface area contributed by atoms with Gasteiger partial charge >= 0.3 is 0 Å². The van der Waals surface area contributed by atoms with Gasteiger partial charge < -0.3 is 5.11 Å². The molecular weight excluding hydrogens is 184 g/mol. The van der Waals surface area contributed by atoms with Crippen LogP contribution in [0.4, 0.5) is 0 Å². The molecule has 1 N–H and O–H groups in total. The van der Waals surface area contributed by atoms with E-state index >= 15 is 0 Å². The lowest BCUT2D eigenvalue weighted by Crippen LogP contribution is -1.95. The molecule has 0 saturated carbocycles. The highest BCUT2D eigenvalue weighted by Gasteiger charge is 2.03. The minimum Gasteiger partial charge on any atom is -0.388 e. The molecule has 1 heteroatoms. The van der Waals surface area contributed by atoms with E-state index < -0.39 is 6.10 Å². The molecule has 1 aromatic carbocycles. The van der Waals surface area contributed by atoms with Crippen molar-refractivity contribution in [3.8, 4) is 0 Å². The lowest BCUT2D eigenvalue weighted by Gasteiger charge is -2.08. The molecule has 1 aromatic rings. The summed E-state index contributed by atoms with van der Waals surface area (Å²) in [4.78, 5) is 0. The number of allylic oxidation sites excluding steroid dienone is 2. The summed E-state index contributed by atoms with van der Waals surface area (Å²) in [5.41, 5.74) is 2.22. The summed E-state index contributed by atoms with van der Waals surface area (Å²) in [7, 11) is 0. The SMILES string of the molecule is C=CC/C(C)=C\C[C@@H](O)c1ccccc1. The highest BCUT2D eigenvalue weighted by molar-refractivity contribution is 5.18. The summed E-state index contributed by atoms with van der Waals surface area (Å²) in [5.74, 6) is 0. The van der Waals surface area contributed by atoms with Crippen molar-refractivity contribution in [1.82, 2.24) is 0 Å². The topological polar surface area (TPSA) is 20.2 Å². The molecular formula is C14H18O. The molecule has 1 rings (SSSR count). The standard InChI is InChI=1S/C14H18O/c1-3-7-12(2)10-11-14(15)13-8-5-4-6-9-13/h3-6,8-10,14-15H,1,7,11H2,2H3/b12-10-/t14-/m1/s1. The Morgan fingerprint density at radius 1 is 1.40 bits per heavy atom. The third kappa shape index (κ3) is 4.13. The highest BCUT2D eigenvalue weighted by atomic mass is 16.3. The second-order valence-electron chi connectivity index (χ2n) is 3.71. The van der Waals surface area contributed by atoms with Crippen molar-refractivity contribution in [2.45, 2.75) is 25.9 Å². The molecule has 0 unspecified atom stereocenters. The van der Waals surface area contributed by atoms with Gasteiger partial charge in [0.15, 0.2) is 0 Å². The zero-order chi connectivity index (χ0) is 11.1. The number of hydrogen-bond donors (Lipinski definition) is 1. The summed E-state index contributed by atoms with van der Waals surface area (Å²) < 4.78 is 0. The fourth-order valence-electron chi connectivity index (χ4n) is 1.44. The third-order valence-electron chi connectivity index (χ3n) is 2.34. The van der Waals surface area contributed by atoms with Gasteiger partial charge in [-0.05, 0) is 25.3 Å². The molecule has 0 aliphatic heterocycles. The lowest BCUT2D eigenvalue weighted by atomic mass is 10.0. The van der Waals surface area contributed by atoms with Crippen molar-refractivity contribution < 1.29 is 5.11 Å². The zero-order valence-electron chi connectivity index (χ0n) is 9.19. The number of hydrogen-bond acceptors (Lipinski definition) is 1. The van der Waals surface area contributed by atoms with Gasteiger partial charge in [0.25, 0.3) is 0 Å². The summed E-state index contributed by atoms with van der Waals surface area (Å²) in [6.07, 6.45) is 5.11. The fourth-order valence-corrected chi connectivity index (χ4v) is 1.44. The van der Waals surface area contributed by atoms with Crippen LogP contribution in [-0.2, 0) is 0 Å². The van der Waals surface area contributed by atoms with Crippen LogP contribution in [0.5, 0.6) is 0 Å². The molecule has 0 aromatic heterocycles. The van der Waals surface area contributed by atoms with E-state index in [1.54, 1.807) is 0 Å². The van der Waals surface area contributed by atoms with E-state index in [0.717, 1.165) is 12.0 Å². The minimum absolute atomic E-state index is 0.397. The summed E-state index contributed by atoms with van der Waals surface area (Å²) in [6, 6.07) is 9.73. The van der Waals surface area contributed by atoms with Crippen LogP contribution in [0.15, 0.2) is 54.6 Å². The Labute approximate surface area is 91.8 Å². The van der Waals surface area contributed by atoms with E-state index in [0.29, 0.717) is 6.42 Å². The number of aliphatic hydroxyl groups excluding tert-OH is 1. The van der Waals surface area contributed by atoms with Crippen LogP contribution in [-0.4, -0.2) is 5.11 Å². The van der Waals surface area contributed by atoms with Gasteiger partial charge in [-0.1, -0.05) is 48.1 Å². The van der Waals surface area contributed by atoms with Crippen molar-refractivity contribution in [3.63, 3.8) is 0 Å². The second-order valence-corrected chi connectivity index (χ2v) is 3.71. The number of benzene rings is 1. The highest BCUT2D eigenvalue weighted by Crippen LogP contribution is 2.17. The zero-order valence-corrected chi connectivity index (χ0v) is 9.19. The second kappa shape index (κ2) is 6.20. The van der Waals surface area contributed by atoms with Gasteiger partial charge in [0.05, 0.1) is 6.10 Å². The molecule has 0 aliphatic rings. The smallest absolute Gasteiger partial charge is 0.0824 e. The predicted molar refractivity (Wildman–Crippen MR) is 64.6 cm³/mol. The van der Waals surface area contributed by atoms with E-state index in [1.807, 2.05) is 36.4 Å². The molecule has 0 aliphatic carbocycles. The van der Waals surface area contributed by atoms with Crippen LogP contribution in [0.3, 0.4) is 0 Å². The molecule has 0 radical (unpaired) electrons. The maximum atomic E-state index is 9.87. The molecule has 0 saturated heterocycles. The first-order valence-corrected chi connectivity index (χ1v) is 5.23. The molecule has 1 atom stereocenters. The molecule has 0 spiro atoms. The monoisotopic (exact) mass is 202 g/mol. The lowest BCUT2D eigenvalue weighted by molar-refractivity contribution is 0.181. The minimum atomic E-state index is -0.397. The Kier molecular flexibility index (Phi) is 4.85. The van der Waals surface area contributed by atoms with Crippen molar-refractivity contribution in [1.29, 1.82) is 0 Å². The third-order valence-corrected chi connectivity index (χ3v) is 2.34. The van der Waals surface area contributed by atoms with Gasteiger partial charge in [0.1, 0.15) is 0 Å². The Morgan fingerprint density at radius 3 is 2.67 bits per heavy atom. The number of aliphatic hydroxyl groups is 1. The summed E-state index contributed by atoms with van der Waals surface area (Å²) >= 11 is 0. The maximum absolute atomic E-state index is 9.87. The summed E-state index contributed by atoms with van der Waals surface area (Å²) in [6.45, 7) is 5.74. The molecule has 0 amide bonds. The molecule has 0 fully saturated rings. The van der Waals surface area contributed by atoms with E-state index in [1.165, 1.54) is 5.57 Å². The first-order valence-electron chi connectivity index (χ1n) is 5.23. The summed E-state index contributed by atoms with van der Waals surface area (Å²) in [5, 5.41) is 9.87. The van der Waals surface area contributed by atoms with Gasteiger partial charge in [-0.25, -0.2) is 0 Å². The molecule has 1 nitrogen and oxygen atoms in total. The van der Waals surface area contributed by atoms with Gasteiger partial charge in [-0.2, -0.15) is 0 Å². The first kappa shape index (κ1) is 11.7. The van der Waals surface area contributed by atoms with Gasteiger partial charge in [0, 0.05) is 0 Å². The quantitative estimate of drug-likeness (QED) is 0.723.